The summed E-state index contributed by atoms with van der Waals surface area (Å²) in [5.74, 6) is 1.92. The Kier molecular flexibility index (Phi) is 5.14. The zero-order chi connectivity index (χ0) is 9.52. The molecular weight excluding hydrogens is 158 g/mol. The molecule has 0 unspecified atom stereocenters. The van der Waals surface area contributed by atoms with Gasteiger partial charge < -0.3 is 5.32 Å². The second-order valence-corrected chi connectivity index (χ2v) is 4.41. The first-order chi connectivity index (χ1) is 6.33. The van der Waals surface area contributed by atoms with Crippen molar-refractivity contribution >= 4 is 0 Å². The number of nitrogens with one attached hydrogen (secondary N) is 1. The third-order valence-electron chi connectivity index (χ3n) is 3.09. The van der Waals surface area contributed by atoms with E-state index in [1.807, 2.05) is 6.08 Å². The van der Waals surface area contributed by atoms with Gasteiger partial charge in [-0.25, -0.2) is 0 Å². The van der Waals surface area contributed by atoms with Gasteiger partial charge in [-0.05, 0) is 44.2 Å². The standard InChI is InChI=1S/C12H23N/c1-3-4-9-13-10-12-7-5-11(2)6-8-12/h3,11-13H,1,4-10H2,2H3. The monoisotopic (exact) mass is 181 g/mol. The Balaban J connectivity index is 1.99. The minimum atomic E-state index is 0.945. The van der Waals surface area contributed by atoms with Crippen molar-refractivity contribution < 1.29 is 0 Å². The summed E-state index contributed by atoms with van der Waals surface area (Å²) in [6, 6.07) is 0. The molecule has 0 aromatic heterocycles. The molecule has 0 saturated heterocycles. The van der Waals surface area contributed by atoms with Crippen LogP contribution in [-0.4, -0.2) is 13.1 Å². The van der Waals surface area contributed by atoms with E-state index in [-0.39, 0.29) is 0 Å². The summed E-state index contributed by atoms with van der Waals surface area (Å²) < 4.78 is 0. The molecule has 1 fully saturated rings. The molecule has 0 amide bonds. The predicted octanol–water partition coefficient (Wildman–Crippen LogP) is 2.98. The molecule has 1 N–H and O–H groups in total. The molecule has 0 aliphatic heterocycles. The molecule has 1 heteroatoms. The normalized spacial score (nSPS) is 28.7. The Labute approximate surface area is 82.6 Å². The van der Waals surface area contributed by atoms with Crippen LogP contribution in [0.15, 0.2) is 12.7 Å². The van der Waals surface area contributed by atoms with E-state index in [9.17, 15) is 0 Å². The van der Waals surface area contributed by atoms with Gasteiger partial charge >= 0.3 is 0 Å². The first-order valence-electron chi connectivity index (χ1n) is 5.64. The third-order valence-corrected chi connectivity index (χ3v) is 3.09. The topological polar surface area (TPSA) is 12.0 Å². The lowest BCUT2D eigenvalue weighted by Crippen LogP contribution is -2.26. The summed E-state index contributed by atoms with van der Waals surface area (Å²) in [7, 11) is 0. The molecule has 0 aromatic carbocycles. The van der Waals surface area contributed by atoms with Gasteiger partial charge in [0.2, 0.25) is 0 Å². The van der Waals surface area contributed by atoms with Crippen molar-refractivity contribution in [3.8, 4) is 0 Å². The number of hydrogen-bond acceptors (Lipinski definition) is 1. The zero-order valence-electron chi connectivity index (χ0n) is 8.89. The molecule has 0 atom stereocenters. The van der Waals surface area contributed by atoms with Crippen LogP contribution in [0.3, 0.4) is 0 Å². The van der Waals surface area contributed by atoms with Gasteiger partial charge in [-0.1, -0.05) is 25.8 Å². The van der Waals surface area contributed by atoms with E-state index in [4.69, 9.17) is 0 Å². The molecule has 13 heavy (non-hydrogen) atoms. The smallest absolute Gasteiger partial charge is 0.00143 e. The van der Waals surface area contributed by atoms with Gasteiger partial charge in [-0.3, -0.25) is 0 Å². The summed E-state index contributed by atoms with van der Waals surface area (Å²) >= 11 is 0. The van der Waals surface area contributed by atoms with E-state index < -0.39 is 0 Å². The molecule has 1 saturated carbocycles. The molecule has 0 spiro atoms. The van der Waals surface area contributed by atoms with Crippen LogP contribution < -0.4 is 5.32 Å². The van der Waals surface area contributed by atoms with Crippen LogP contribution in [0.1, 0.15) is 39.0 Å². The van der Waals surface area contributed by atoms with Crippen LogP contribution in [0.2, 0.25) is 0 Å². The molecule has 1 aliphatic carbocycles. The summed E-state index contributed by atoms with van der Waals surface area (Å²) in [5, 5.41) is 3.50. The second-order valence-electron chi connectivity index (χ2n) is 4.41. The molecule has 1 aliphatic rings. The van der Waals surface area contributed by atoms with E-state index in [1.165, 1.54) is 32.2 Å². The quantitative estimate of drug-likeness (QED) is 0.508. The van der Waals surface area contributed by atoms with Gasteiger partial charge in [-0.2, -0.15) is 0 Å². The van der Waals surface area contributed by atoms with Crippen molar-refractivity contribution in [2.45, 2.75) is 39.0 Å². The van der Waals surface area contributed by atoms with Gasteiger partial charge in [-0.15, -0.1) is 6.58 Å². The van der Waals surface area contributed by atoms with Crippen LogP contribution in [0, 0.1) is 11.8 Å². The summed E-state index contributed by atoms with van der Waals surface area (Å²) in [6.07, 6.45) is 8.82. The third kappa shape index (κ3) is 4.47. The highest BCUT2D eigenvalue weighted by Gasteiger charge is 2.17. The second kappa shape index (κ2) is 6.20. The van der Waals surface area contributed by atoms with E-state index in [2.05, 4.69) is 18.8 Å². The highest BCUT2D eigenvalue weighted by molar-refractivity contribution is 4.73. The molecule has 1 nitrogen and oxygen atoms in total. The number of hydrogen-bond donors (Lipinski definition) is 1. The average molecular weight is 181 g/mol. The van der Waals surface area contributed by atoms with Crippen molar-refractivity contribution in [1.29, 1.82) is 0 Å². The maximum atomic E-state index is 3.71. The molecule has 76 valence electrons. The highest BCUT2D eigenvalue weighted by Crippen LogP contribution is 2.27. The first-order valence-corrected chi connectivity index (χ1v) is 5.64. The molecule has 1 rings (SSSR count). The van der Waals surface area contributed by atoms with Crippen molar-refractivity contribution in [1.82, 2.24) is 5.32 Å². The Bertz CT molecular complexity index is 134. The maximum absolute atomic E-state index is 3.71. The van der Waals surface area contributed by atoms with Gasteiger partial charge in [0.05, 0.1) is 0 Å². The van der Waals surface area contributed by atoms with Crippen molar-refractivity contribution in [2.24, 2.45) is 11.8 Å². The van der Waals surface area contributed by atoms with Crippen molar-refractivity contribution in [3.63, 3.8) is 0 Å². The SMILES string of the molecule is C=CCCNCC1CCC(C)CC1. The van der Waals surface area contributed by atoms with Gasteiger partial charge in [0.15, 0.2) is 0 Å². The molecular formula is C12H23N. The van der Waals surface area contributed by atoms with E-state index in [1.54, 1.807) is 0 Å². The molecule has 0 bridgehead atoms. The minimum Gasteiger partial charge on any atom is -0.316 e. The highest BCUT2D eigenvalue weighted by atomic mass is 14.8. The van der Waals surface area contributed by atoms with Crippen molar-refractivity contribution in [2.75, 3.05) is 13.1 Å². The van der Waals surface area contributed by atoms with Crippen LogP contribution in [-0.2, 0) is 0 Å². The Morgan fingerprint density at radius 3 is 2.62 bits per heavy atom. The van der Waals surface area contributed by atoms with Gasteiger partial charge in [0.1, 0.15) is 0 Å². The fraction of sp³-hybridized carbons (Fsp3) is 0.833. The van der Waals surface area contributed by atoms with Crippen LogP contribution in [0.25, 0.3) is 0 Å². The summed E-state index contributed by atoms with van der Waals surface area (Å²) in [4.78, 5) is 0. The van der Waals surface area contributed by atoms with E-state index in [0.29, 0.717) is 0 Å². The lowest BCUT2D eigenvalue weighted by molar-refractivity contribution is 0.282. The van der Waals surface area contributed by atoms with Gasteiger partial charge in [0.25, 0.3) is 0 Å². The van der Waals surface area contributed by atoms with Crippen molar-refractivity contribution in [3.05, 3.63) is 12.7 Å². The van der Waals surface area contributed by atoms with Crippen LogP contribution in [0.4, 0.5) is 0 Å². The number of rotatable bonds is 5. The molecule has 0 radical (unpaired) electrons. The first kappa shape index (κ1) is 10.8. The maximum Gasteiger partial charge on any atom is -0.00143 e. The lowest BCUT2D eigenvalue weighted by atomic mass is 9.83. The summed E-state index contributed by atoms with van der Waals surface area (Å²) in [5.41, 5.74) is 0. The Morgan fingerprint density at radius 2 is 2.00 bits per heavy atom. The Morgan fingerprint density at radius 1 is 1.31 bits per heavy atom. The predicted molar refractivity (Wildman–Crippen MR) is 58.8 cm³/mol. The fourth-order valence-corrected chi connectivity index (χ4v) is 2.04. The van der Waals surface area contributed by atoms with E-state index >= 15 is 0 Å². The van der Waals surface area contributed by atoms with Crippen LogP contribution in [0.5, 0.6) is 0 Å². The summed E-state index contributed by atoms with van der Waals surface area (Å²) in [6.45, 7) is 8.42. The fourth-order valence-electron chi connectivity index (χ4n) is 2.04. The molecule has 0 aromatic rings. The van der Waals surface area contributed by atoms with E-state index in [0.717, 1.165) is 24.8 Å². The molecule has 0 heterocycles. The lowest BCUT2D eigenvalue weighted by Gasteiger charge is -2.26. The van der Waals surface area contributed by atoms with Gasteiger partial charge in [0, 0.05) is 0 Å². The van der Waals surface area contributed by atoms with Crippen LogP contribution >= 0.6 is 0 Å². The average Bonchev–Trinajstić information content (AvgIpc) is 2.15. The largest absolute Gasteiger partial charge is 0.316 e. The minimum absolute atomic E-state index is 0.945. The zero-order valence-corrected chi connectivity index (χ0v) is 8.89. The Hall–Kier alpha value is -0.300.